The van der Waals surface area contributed by atoms with E-state index in [-0.39, 0.29) is 5.78 Å². The van der Waals surface area contributed by atoms with Crippen molar-refractivity contribution in [3.05, 3.63) is 45.2 Å². The fraction of sp³-hybridized carbons (Fsp3) is 0.182. The summed E-state index contributed by atoms with van der Waals surface area (Å²) in [5.74, 6) is 0.0501. The van der Waals surface area contributed by atoms with Gasteiger partial charge in [-0.2, -0.15) is 0 Å². The number of benzene rings is 1. The van der Waals surface area contributed by atoms with Crippen molar-refractivity contribution in [2.45, 2.75) is 13.3 Å². The molecule has 0 heterocycles. The molecule has 74 valence electrons. The number of hydrogen-bond donors (Lipinski definition) is 1. The Kier molecular flexibility index (Phi) is 4.13. The summed E-state index contributed by atoms with van der Waals surface area (Å²) in [6.07, 6.45) is 1.90. The smallest absolute Gasteiger partial charge is 0.161 e. The van der Waals surface area contributed by atoms with Crippen molar-refractivity contribution in [3.63, 3.8) is 0 Å². The molecule has 0 fully saturated rings. The fourth-order valence-electron chi connectivity index (χ4n) is 1.13. The molecule has 1 aromatic carbocycles. The Bertz CT molecular complexity index is 367. The molecular weight excluding hydrogens is 289 g/mol. The molecule has 0 atom stereocenters. The maximum absolute atomic E-state index is 11.4. The van der Waals surface area contributed by atoms with Crippen molar-refractivity contribution in [2.75, 3.05) is 0 Å². The van der Waals surface area contributed by atoms with E-state index in [1.54, 1.807) is 6.92 Å². The van der Waals surface area contributed by atoms with E-state index in [1.165, 1.54) is 6.08 Å². The summed E-state index contributed by atoms with van der Waals surface area (Å²) in [7, 11) is 0. The lowest BCUT2D eigenvalue weighted by Crippen LogP contribution is -2.03. The molecule has 0 radical (unpaired) electrons. The van der Waals surface area contributed by atoms with Crippen LogP contribution in [0.25, 0.3) is 0 Å². The molecule has 0 amide bonds. The zero-order chi connectivity index (χ0) is 10.6. The summed E-state index contributed by atoms with van der Waals surface area (Å²) in [5.41, 5.74) is 7.03. The maximum Gasteiger partial charge on any atom is 0.161 e. The van der Waals surface area contributed by atoms with Crippen LogP contribution in [0.1, 0.15) is 12.5 Å². The summed E-state index contributed by atoms with van der Waals surface area (Å²) < 4.78 is 1.11. The second-order valence-corrected chi connectivity index (χ2v) is 4.29. The fourth-order valence-corrected chi connectivity index (χ4v) is 1.71. The molecule has 0 spiro atoms. The van der Waals surface area contributed by atoms with Crippen LogP contribution in [0, 0.1) is 3.57 Å². The number of carbonyl (C=O) groups excluding carboxylic acids is 1. The van der Waals surface area contributed by atoms with Crippen molar-refractivity contribution in [1.82, 2.24) is 0 Å². The Balaban J connectivity index is 2.75. The van der Waals surface area contributed by atoms with E-state index < -0.39 is 0 Å². The van der Waals surface area contributed by atoms with Gasteiger partial charge in [0.1, 0.15) is 0 Å². The van der Waals surface area contributed by atoms with Gasteiger partial charge in [0.25, 0.3) is 0 Å². The number of allylic oxidation sites excluding steroid dienone is 2. The van der Waals surface area contributed by atoms with E-state index in [2.05, 4.69) is 22.6 Å². The maximum atomic E-state index is 11.4. The molecule has 0 saturated carbocycles. The second kappa shape index (κ2) is 5.14. The zero-order valence-corrected chi connectivity index (χ0v) is 10.1. The summed E-state index contributed by atoms with van der Waals surface area (Å²) >= 11 is 2.22. The molecule has 0 aliphatic rings. The van der Waals surface area contributed by atoms with Gasteiger partial charge in [0.15, 0.2) is 5.78 Å². The van der Waals surface area contributed by atoms with Gasteiger partial charge in [-0.15, -0.1) is 0 Å². The third kappa shape index (κ3) is 3.49. The lowest BCUT2D eigenvalue weighted by atomic mass is 10.1. The van der Waals surface area contributed by atoms with E-state index >= 15 is 0 Å². The van der Waals surface area contributed by atoms with Crippen molar-refractivity contribution in [1.29, 1.82) is 0 Å². The Morgan fingerprint density at radius 3 is 2.71 bits per heavy atom. The summed E-state index contributed by atoms with van der Waals surface area (Å²) in [4.78, 5) is 11.4. The first kappa shape index (κ1) is 11.2. The minimum atomic E-state index is 0.0501. The van der Waals surface area contributed by atoms with Gasteiger partial charge >= 0.3 is 0 Å². The molecular formula is C11H12INO. The monoisotopic (exact) mass is 301 g/mol. The van der Waals surface area contributed by atoms with Crippen molar-refractivity contribution < 1.29 is 4.79 Å². The van der Waals surface area contributed by atoms with Crippen LogP contribution < -0.4 is 5.73 Å². The standard InChI is InChI=1S/C11H12INO/c1-8(13)6-10(14)7-9-4-2-3-5-11(9)12/h2-6H,7,13H2,1H3/b8-6-. The lowest BCUT2D eigenvalue weighted by Gasteiger charge is -2.00. The largest absolute Gasteiger partial charge is 0.402 e. The van der Waals surface area contributed by atoms with Crippen LogP contribution in [0.5, 0.6) is 0 Å². The number of ketones is 1. The van der Waals surface area contributed by atoms with Crippen LogP contribution in [-0.2, 0) is 11.2 Å². The molecule has 0 unspecified atom stereocenters. The molecule has 2 nitrogen and oxygen atoms in total. The van der Waals surface area contributed by atoms with Gasteiger partial charge in [-0.1, -0.05) is 18.2 Å². The molecule has 0 aromatic heterocycles. The second-order valence-electron chi connectivity index (χ2n) is 3.12. The number of hydrogen-bond acceptors (Lipinski definition) is 2. The van der Waals surface area contributed by atoms with E-state index in [0.29, 0.717) is 12.1 Å². The first-order valence-electron chi connectivity index (χ1n) is 4.29. The third-order valence-corrected chi connectivity index (χ3v) is 2.76. The van der Waals surface area contributed by atoms with Crippen LogP contribution in [-0.4, -0.2) is 5.78 Å². The van der Waals surface area contributed by atoms with Gasteiger partial charge in [-0.25, -0.2) is 0 Å². The Morgan fingerprint density at radius 2 is 2.14 bits per heavy atom. The molecule has 14 heavy (non-hydrogen) atoms. The van der Waals surface area contributed by atoms with E-state index in [4.69, 9.17) is 5.73 Å². The SMILES string of the molecule is C/C(N)=C/C(=O)Cc1ccccc1I. The van der Waals surface area contributed by atoms with Gasteiger partial charge in [-0.05, 0) is 47.2 Å². The Morgan fingerprint density at radius 1 is 1.50 bits per heavy atom. The molecule has 0 saturated heterocycles. The van der Waals surface area contributed by atoms with Gasteiger partial charge < -0.3 is 5.73 Å². The molecule has 0 bridgehead atoms. The van der Waals surface area contributed by atoms with Crippen molar-refractivity contribution in [2.24, 2.45) is 5.73 Å². The molecule has 3 heteroatoms. The predicted molar refractivity (Wildman–Crippen MR) is 65.8 cm³/mol. The average Bonchev–Trinajstić information content (AvgIpc) is 2.07. The lowest BCUT2D eigenvalue weighted by molar-refractivity contribution is -0.114. The highest BCUT2D eigenvalue weighted by Gasteiger charge is 2.03. The van der Waals surface area contributed by atoms with Crippen LogP contribution >= 0.6 is 22.6 Å². The number of carbonyl (C=O) groups is 1. The van der Waals surface area contributed by atoms with Crippen molar-refractivity contribution >= 4 is 28.4 Å². The van der Waals surface area contributed by atoms with Gasteiger partial charge in [-0.3, -0.25) is 4.79 Å². The quantitative estimate of drug-likeness (QED) is 0.687. The minimum absolute atomic E-state index is 0.0501. The Labute approximate surface area is 97.3 Å². The van der Waals surface area contributed by atoms with Gasteiger partial charge in [0, 0.05) is 15.7 Å². The molecule has 2 N–H and O–H groups in total. The van der Waals surface area contributed by atoms with Gasteiger partial charge in [0.2, 0.25) is 0 Å². The van der Waals surface area contributed by atoms with E-state index in [0.717, 1.165) is 9.13 Å². The van der Waals surface area contributed by atoms with Gasteiger partial charge in [0.05, 0.1) is 0 Å². The topological polar surface area (TPSA) is 43.1 Å². The van der Waals surface area contributed by atoms with Crippen LogP contribution in [0.4, 0.5) is 0 Å². The number of rotatable bonds is 3. The third-order valence-electron chi connectivity index (χ3n) is 1.71. The summed E-state index contributed by atoms with van der Waals surface area (Å²) in [6, 6.07) is 7.84. The molecule has 0 aliphatic heterocycles. The normalized spacial score (nSPS) is 11.4. The summed E-state index contributed by atoms with van der Waals surface area (Å²) in [5, 5.41) is 0. The predicted octanol–water partition coefficient (Wildman–Crippen LogP) is 2.27. The molecule has 1 aromatic rings. The molecule has 0 aliphatic carbocycles. The number of nitrogens with two attached hydrogens (primary N) is 1. The van der Waals surface area contributed by atoms with Crippen LogP contribution in [0.15, 0.2) is 36.0 Å². The highest BCUT2D eigenvalue weighted by Crippen LogP contribution is 2.12. The molecule has 1 rings (SSSR count). The van der Waals surface area contributed by atoms with E-state index in [1.807, 2.05) is 24.3 Å². The van der Waals surface area contributed by atoms with Crippen LogP contribution in [0.2, 0.25) is 0 Å². The highest BCUT2D eigenvalue weighted by atomic mass is 127. The van der Waals surface area contributed by atoms with E-state index in [9.17, 15) is 4.79 Å². The minimum Gasteiger partial charge on any atom is -0.402 e. The average molecular weight is 301 g/mol. The zero-order valence-electron chi connectivity index (χ0n) is 7.96. The summed E-state index contributed by atoms with van der Waals surface area (Å²) in [6.45, 7) is 1.72. The first-order chi connectivity index (χ1) is 6.59. The Hall–Kier alpha value is -0.840. The van der Waals surface area contributed by atoms with Crippen LogP contribution in [0.3, 0.4) is 0 Å². The van der Waals surface area contributed by atoms with Crippen molar-refractivity contribution in [3.8, 4) is 0 Å². The number of halogens is 1. The first-order valence-corrected chi connectivity index (χ1v) is 5.37. The highest BCUT2D eigenvalue weighted by molar-refractivity contribution is 14.1.